The van der Waals surface area contributed by atoms with E-state index in [9.17, 15) is 0 Å². The third kappa shape index (κ3) is 5.58. The summed E-state index contributed by atoms with van der Waals surface area (Å²) < 4.78 is 10.7. The van der Waals surface area contributed by atoms with E-state index in [0.717, 1.165) is 50.7 Å². The van der Waals surface area contributed by atoms with Crippen molar-refractivity contribution in [3.05, 3.63) is 126 Å². The number of aromatic nitrogens is 4. The molecule has 0 aliphatic carbocycles. The minimum atomic E-state index is 0.0150. The van der Waals surface area contributed by atoms with E-state index in [1.807, 2.05) is 53.1 Å². The Balaban J connectivity index is 1.23. The normalized spacial score (nSPS) is 11.9. The van der Waals surface area contributed by atoms with Gasteiger partial charge in [0.15, 0.2) is 0 Å². The Morgan fingerprint density at radius 2 is 1.54 bits per heavy atom. The number of para-hydroxylation sites is 1. The van der Waals surface area contributed by atoms with Gasteiger partial charge in [0.25, 0.3) is 0 Å². The molecule has 230 valence electrons. The Kier molecular flexibility index (Phi) is 7.69. The Hall–Kier alpha value is -4.81. The highest BCUT2D eigenvalue weighted by atomic mass is 32.2. The standard InChI is InChI=1S/C40H38N4OS/c1-7-46-33-19-26(2)39(27(3)20-33)28-24-42-43(25-28)30-11-10-12-31(22-30)45-32-15-16-35-34-13-8-9-14-36(34)44(37(35)23-32)38-21-29(17-18-41-38)40(4,5)6/h8-25H,7H2,1-6H3. The fourth-order valence-corrected chi connectivity index (χ4v) is 7.17. The van der Waals surface area contributed by atoms with E-state index < -0.39 is 0 Å². The maximum absolute atomic E-state index is 6.50. The van der Waals surface area contributed by atoms with Crippen LogP contribution in [0.15, 0.2) is 114 Å². The first kappa shape index (κ1) is 29.9. The molecular weight excluding hydrogens is 585 g/mol. The smallest absolute Gasteiger partial charge is 0.137 e. The van der Waals surface area contributed by atoms with Gasteiger partial charge in [-0.3, -0.25) is 4.57 Å². The van der Waals surface area contributed by atoms with Crippen LogP contribution in [-0.4, -0.2) is 25.1 Å². The molecule has 7 aromatic rings. The van der Waals surface area contributed by atoms with Crippen LogP contribution in [0.3, 0.4) is 0 Å². The lowest BCUT2D eigenvalue weighted by Crippen LogP contribution is -2.12. The molecule has 0 aliphatic heterocycles. The highest BCUT2D eigenvalue weighted by molar-refractivity contribution is 7.99. The highest BCUT2D eigenvalue weighted by Crippen LogP contribution is 2.36. The summed E-state index contributed by atoms with van der Waals surface area (Å²) in [6.45, 7) is 13.2. The van der Waals surface area contributed by atoms with E-state index in [2.05, 4.69) is 119 Å². The van der Waals surface area contributed by atoms with Gasteiger partial charge < -0.3 is 4.74 Å². The van der Waals surface area contributed by atoms with Crippen molar-refractivity contribution in [1.29, 1.82) is 0 Å². The van der Waals surface area contributed by atoms with Gasteiger partial charge in [0.2, 0.25) is 0 Å². The monoisotopic (exact) mass is 622 g/mol. The molecule has 0 saturated carbocycles. The Bertz CT molecular complexity index is 2200. The molecule has 0 radical (unpaired) electrons. The molecule has 0 N–H and O–H groups in total. The number of aryl methyl sites for hydroxylation is 2. The molecular formula is C40H38N4OS. The molecule has 0 saturated heterocycles. The van der Waals surface area contributed by atoms with Crippen LogP contribution in [0.5, 0.6) is 11.5 Å². The number of benzene rings is 4. The fourth-order valence-electron chi connectivity index (χ4n) is 6.32. The van der Waals surface area contributed by atoms with E-state index in [1.54, 1.807) is 0 Å². The van der Waals surface area contributed by atoms with Gasteiger partial charge in [0, 0.05) is 45.8 Å². The van der Waals surface area contributed by atoms with Crippen molar-refractivity contribution < 1.29 is 4.74 Å². The molecule has 5 nitrogen and oxygen atoms in total. The zero-order chi connectivity index (χ0) is 32.0. The topological polar surface area (TPSA) is 44.9 Å². The predicted octanol–water partition coefficient (Wildman–Crippen LogP) is 10.9. The van der Waals surface area contributed by atoms with Crippen LogP contribution in [0.4, 0.5) is 0 Å². The lowest BCUT2D eigenvalue weighted by atomic mass is 9.88. The number of fused-ring (bicyclic) bond motifs is 3. The maximum atomic E-state index is 6.50. The quantitative estimate of drug-likeness (QED) is 0.166. The van der Waals surface area contributed by atoms with Crippen LogP contribution in [0.25, 0.3) is 44.4 Å². The first-order chi connectivity index (χ1) is 22.2. The summed E-state index contributed by atoms with van der Waals surface area (Å²) in [6.07, 6.45) is 5.96. The molecule has 0 spiro atoms. The summed E-state index contributed by atoms with van der Waals surface area (Å²) in [4.78, 5) is 6.12. The number of pyridine rings is 1. The third-order valence-corrected chi connectivity index (χ3v) is 9.35. The molecule has 3 heterocycles. The molecule has 0 aliphatic rings. The number of rotatable bonds is 7. The molecule has 0 unspecified atom stereocenters. The zero-order valence-electron chi connectivity index (χ0n) is 27.2. The largest absolute Gasteiger partial charge is 0.457 e. The molecule has 0 amide bonds. The number of ether oxygens (including phenoxy) is 1. The lowest BCUT2D eigenvalue weighted by molar-refractivity contribution is 0.483. The van der Waals surface area contributed by atoms with E-state index in [-0.39, 0.29) is 5.41 Å². The number of nitrogens with zero attached hydrogens (tertiary/aromatic N) is 4. The van der Waals surface area contributed by atoms with Crippen LogP contribution in [0.1, 0.15) is 44.4 Å². The lowest BCUT2D eigenvalue weighted by Gasteiger charge is -2.20. The van der Waals surface area contributed by atoms with Gasteiger partial charge in [-0.05, 0) is 102 Å². The third-order valence-electron chi connectivity index (χ3n) is 8.49. The summed E-state index contributed by atoms with van der Waals surface area (Å²) in [6, 6.07) is 31.7. The van der Waals surface area contributed by atoms with Gasteiger partial charge in [0.1, 0.15) is 17.3 Å². The van der Waals surface area contributed by atoms with E-state index in [1.165, 1.54) is 32.5 Å². The first-order valence-electron chi connectivity index (χ1n) is 15.8. The van der Waals surface area contributed by atoms with Crippen LogP contribution >= 0.6 is 11.8 Å². The number of hydrogen-bond donors (Lipinski definition) is 0. The van der Waals surface area contributed by atoms with Crippen molar-refractivity contribution in [2.45, 2.75) is 51.9 Å². The van der Waals surface area contributed by atoms with Crippen molar-refractivity contribution >= 4 is 33.6 Å². The van der Waals surface area contributed by atoms with E-state index in [0.29, 0.717) is 0 Å². The van der Waals surface area contributed by atoms with Crippen molar-refractivity contribution in [2.24, 2.45) is 0 Å². The second-order valence-corrected chi connectivity index (χ2v) is 14.2. The van der Waals surface area contributed by atoms with Crippen molar-refractivity contribution in [1.82, 2.24) is 19.3 Å². The minimum Gasteiger partial charge on any atom is -0.457 e. The van der Waals surface area contributed by atoms with Crippen molar-refractivity contribution in [3.63, 3.8) is 0 Å². The Morgan fingerprint density at radius 3 is 2.33 bits per heavy atom. The summed E-state index contributed by atoms with van der Waals surface area (Å²) in [7, 11) is 0. The number of thioether (sulfide) groups is 1. The van der Waals surface area contributed by atoms with Crippen molar-refractivity contribution in [2.75, 3.05) is 5.75 Å². The number of hydrogen-bond acceptors (Lipinski definition) is 4. The van der Waals surface area contributed by atoms with Gasteiger partial charge >= 0.3 is 0 Å². The molecule has 3 aromatic heterocycles. The molecule has 6 heteroatoms. The fraction of sp³-hybridized carbons (Fsp3) is 0.200. The highest BCUT2D eigenvalue weighted by Gasteiger charge is 2.18. The van der Waals surface area contributed by atoms with Crippen molar-refractivity contribution in [3.8, 4) is 34.1 Å². The summed E-state index contributed by atoms with van der Waals surface area (Å²) in [5, 5.41) is 7.08. The van der Waals surface area contributed by atoms with Gasteiger partial charge in [-0.1, -0.05) is 52.0 Å². The minimum absolute atomic E-state index is 0.0150. The second-order valence-electron chi connectivity index (χ2n) is 12.8. The Labute approximate surface area is 274 Å². The zero-order valence-corrected chi connectivity index (χ0v) is 28.0. The molecule has 7 rings (SSSR count). The van der Waals surface area contributed by atoms with Crippen LogP contribution in [0.2, 0.25) is 0 Å². The van der Waals surface area contributed by atoms with Gasteiger partial charge in [-0.2, -0.15) is 5.10 Å². The van der Waals surface area contributed by atoms with Crippen LogP contribution in [-0.2, 0) is 5.41 Å². The SMILES string of the molecule is CCSc1cc(C)c(-c2cnn(-c3cccc(Oc4ccc5c6ccccc6n(-c6cc(C(C)(C)C)ccn6)c5c4)c3)c2)c(C)c1. The van der Waals surface area contributed by atoms with Gasteiger partial charge in [-0.15, -0.1) is 11.8 Å². The van der Waals surface area contributed by atoms with Crippen LogP contribution in [0, 0.1) is 13.8 Å². The molecule has 0 atom stereocenters. The molecule has 0 bridgehead atoms. The summed E-state index contributed by atoms with van der Waals surface area (Å²) >= 11 is 1.87. The van der Waals surface area contributed by atoms with Gasteiger partial charge in [-0.25, -0.2) is 9.67 Å². The first-order valence-corrected chi connectivity index (χ1v) is 16.8. The summed E-state index contributed by atoms with van der Waals surface area (Å²) in [5.41, 5.74) is 9.25. The molecule has 4 aromatic carbocycles. The molecule has 46 heavy (non-hydrogen) atoms. The Morgan fingerprint density at radius 1 is 0.783 bits per heavy atom. The average molecular weight is 623 g/mol. The van der Waals surface area contributed by atoms with Crippen LogP contribution < -0.4 is 4.74 Å². The maximum Gasteiger partial charge on any atom is 0.137 e. The second kappa shape index (κ2) is 11.8. The van der Waals surface area contributed by atoms with Gasteiger partial charge in [0.05, 0.1) is 22.9 Å². The molecule has 0 fully saturated rings. The average Bonchev–Trinajstić information content (AvgIpc) is 3.64. The summed E-state index contributed by atoms with van der Waals surface area (Å²) in [5.74, 6) is 3.47. The van der Waals surface area contributed by atoms with E-state index in [4.69, 9.17) is 14.8 Å². The predicted molar refractivity (Wildman–Crippen MR) is 192 cm³/mol. The van der Waals surface area contributed by atoms with E-state index >= 15 is 0 Å².